The predicted molar refractivity (Wildman–Crippen MR) is 84.7 cm³/mol. The molecular weight excluding hydrogens is 335 g/mol. The van der Waals surface area contributed by atoms with Gasteiger partial charge < -0.3 is 4.74 Å². The highest BCUT2D eigenvalue weighted by molar-refractivity contribution is 8.02. The van der Waals surface area contributed by atoms with Crippen molar-refractivity contribution in [2.24, 2.45) is 0 Å². The molecule has 0 amide bonds. The topological polar surface area (TPSA) is 35.0 Å². The molecule has 1 aliphatic rings. The summed E-state index contributed by atoms with van der Waals surface area (Å²) in [5.74, 6) is 1.22. The van der Waals surface area contributed by atoms with E-state index in [1.165, 1.54) is 23.5 Å². The van der Waals surface area contributed by atoms with Crippen LogP contribution in [0.5, 0.6) is 5.88 Å². The van der Waals surface area contributed by atoms with Gasteiger partial charge in [0.15, 0.2) is 10.3 Å². The van der Waals surface area contributed by atoms with Crippen LogP contribution in [-0.2, 0) is 0 Å². The monoisotopic (exact) mass is 342 g/mol. The van der Waals surface area contributed by atoms with E-state index >= 15 is 0 Å². The molecule has 0 bridgehead atoms. The van der Waals surface area contributed by atoms with E-state index in [-0.39, 0.29) is 0 Å². The Hall–Kier alpha value is -0.880. The van der Waals surface area contributed by atoms with Crippen LogP contribution in [0, 0.1) is 0 Å². The van der Waals surface area contributed by atoms with Gasteiger partial charge in [0.1, 0.15) is 10.7 Å². The predicted octanol–water partition coefficient (Wildman–Crippen LogP) is 4.99. The highest BCUT2D eigenvalue weighted by Crippen LogP contribution is 2.42. The maximum atomic E-state index is 6.13. The van der Waals surface area contributed by atoms with E-state index in [1.807, 2.05) is 35.9 Å². The molecule has 0 aliphatic carbocycles. The molecule has 2 heterocycles. The van der Waals surface area contributed by atoms with Gasteiger partial charge in [-0.1, -0.05) is 46.7 Å². The number of halogens is 2. The molecule has 2 aromatic rings. The molecule has 0 unspecified atom stereocenters. The van der Waals surface area contributed by atoms with Gasteiger partial charge in [0.05, 0.1) is 0 Å². The van der Waals surface area contributed by atoms with Crippen LogP contribution in [-0.4, -0.2) is 16.2 Å². The zero-order chi connectivity index (χ0) is 14.1. The van der Waals surface area contributed by atoms with E-state index in [0.29, 0.717) is 21.2 Å². The lowest BCUT2D eigenvalue weighted by atomic mass is 10.2. The summed E-state index contributed by atoms with van der Waals surface area (Å²) in [5, 5.41) is 3.58. The van der Waals surface area contributed by atoms with Crippen molar-refractivity contribution in [3.05, 3.63) is 45.4 Å². The number of aromatic nitrogens is 2. The molecule has 1 aliphatic heterocycles. The van der Waals surface area contributed by atoms with Crippen molar-refractivity contribution in [2.45, 2.75) is 10.1 Å². The lowest BCUT2D eigenvalue weighted by molar-refractivity contribution is 0.468. The summed E-state index contributed by atoms with van der Waals surface area (Å²) in [5.41, 5.74) is 0.938. The van der Waals surface area contributed by atoms with Crippen molar-refractivity contribution in [2.75, 3.05) is 6.26 Å². The minimum absolute atomic E-state index is 0.413. The van der Waals surface area contributed by atoms with Crippen LogP contribution in [0.2, 0.25) is 10.2 Å². The first-order chi connectivity index (χ1) is 9.67. The third kappa shape index (κ3) is 2.76. The molecule has 3 rings (SSSR count). The van der Waals surface area contributed by atoms with Crippen molar-refractivity contribution in [1.29, 1.82) is 0 Å². The van der Waals surface area contributed by atoms with E-state index in [2.05, 4.69) is 9.97 Å². The Balaban J connectivity index is 1.96. The Morgan fingerprint density at radius 1 is 1.15 bits per heavy atom. The molecule has 102 valence electrons. The SMILES string of the molecule is CSc1nc(Cl)c2c(n1)OC(c1ccc(Cl)cc1)=CS2. The minimum Gasteiger partial charge on any atom is -0.436 e. The lowest BCUT2D eigenvalue weighted by Gasteiger charge is -2.17. The summed E-state index contributed by atoms with van der Waals surface area (Å²) in [6, 6.07) is 7.44. The summed E-state index contributed by atoms with van der Waals surface area (Å²) < 4.78 is 5.83. The van der Waals surface area contributed by atoms with Crippen molar-refractivity contribution < 1.29 is 4.74 Å². The molecule has 0 N–H and O–H groups in total. The molecule has 20 heavy (non-hydrogen) atoms. The first-order valence-electron chi connectivity index (χ1n) is 5.59. The third-order valence-electron chi connectivity index (χ3n) is 2.57. The Morgan fingerprint density at radius 3 is 2.60 bits per heavy atom. The zero-order valence-corrected chi connectivity index (χ0v) is 13.4. The lowest BCUT2D eigenvalue weighted by Crippen LogP contribution is -2.04. The zero-order valence-electron chi connectivity index (χ0n) is 10.3. The number of nitrogens with zero attached hydrogens (tertiary/aromatic N) is 2. The Kier molecular flexibility index (Phi) is 4.12. The number of benzene rings is 1. The van der Waals surface area contributed by atoms with Gasteiger partial charge in [-0.2, -0.15) is 4.98 Å². The summed E-state index contributed by atoms with van der Waals surface area (Å²) in [6.07, 6.45) is 1.89. The fourth-order valence-electron chi connectivity index (χ4n) is 1.63. The Bertz CT molecular complexity index is 690. The van der Waals surface area contributed by atoms with Gasteiger partial charge >= 0.3 is 0 Å². The largest absolute Gasteiger partial charge is 0.436 e. The van der Waals surface area contributed by atoms with Crippen molar-refractivity contribution >= 4 is 52.5 Å². The van der Waals surface area contributed by atoms with Gasteiger partial charge in [0.25, 0.3) is 0 Å². The van der Waals surface area contributed by atoms with Crippen LogP contribution < -0.4 is 4.74 Å². The first kappa shape index (κ1) is 14.1. The van der Waals surface area contributed by atoms with E-state index < -0.39 is 0 Å². The molecule has 1 aromatic heterocycles. The normalized spacial score (nSPS) is 13.4. The van der Waals surface area contributed by atoms with Crippen LogP contribution >= 0.6 is 46.7 Å². The average molecular weight is 343 g/mol. The quantitative estimate of drug-likeness (QED) is 0.436. The summed E-state index contributed by atoms with van der Waals surface area (Å²) in [7, 11) is 0. The van der Waals surface area contributed by atoms with Crippen LogP contribution in [0.4, 0.5) is 0 Å². The molecule has 0 fully saturated rings. The van der Waals surface area contributed by atoms with E-state index in [0.717, 1.165) is 16.2 Å². The Morgan fingerprint density at radius 2 is 1.90 bits per heavy atom. The standard InChI is InChI=1S/C13H8Cl2N2OS2/c1-19-13-16-11(15)10-12(17-13)18-9(6-20-10)7-2-4-8(14)5-3-7/h2-6H,1H3. The number of hydrogen-bond donors (Lipinski definition) is 0. The number of ether oxygens (including phenoxy) is 1. The number of rotatable bonds is 2. The average Bonchev–Trinajstić information content (AvgIpc) is 2.47. The van der Waals surface area contributed by atoms with Crippen LogP contribution in [0.1, 0.15) is 5.56 Å². The second-order valence-electron chi connectivity index (χ2n) is 3.84. The third-order valence-corrected chi connectivity index (χ3v) is 4.70. The van der Waals surface area contributed by atoms with Gasteiger partial charge in [-0.15, -0.1) is 0 Å². The summed E-state index contributed by atoms with van der Waals surface area (Å²) in [4.78, 5) is 9.27. The number of hydrogen-bond acceptors (Lipinski definition) is 5. The molecular formula is C13H8Cl2N2OS2. The smallest absolute Gasteiger partial charge is 0.239 e. The fraction of sp³-hybridized carbons (Fsp3) is 0.0769. The van der Waals surface area contributed by atoms with Gasteiger partial charge in [0.2, 0.25) is 5.88 Å². The molecule has 1 aromatic carbocycles. The molecule has 0 saturated carbocycles. The summed E-state index contributed by atoms with van der Waals surface area (Å²) >= 11 is 14.9. The van der Waals surface area contributed by atoms with E-state index in [1.54, 1.807) is 0 Å². The molecule has 0 radical (unpaired) electrons. The Labute approximate surface area is 134 Å². The highest BCUT2D eigenvalue weighted by atomic mass is 35.5. The van der Waals surface area contributed by atoms with Crippen molar-refractivity contribution in [1.82, 2.24) is 9.97 Å². The van der Waals surface area contributed by atoms with Crippen molar-refractivity contribution in [3.63, 3.8) is 0 Å². The molecule has 0 spiro atoms. The fourth-order valence-corrected chi connectivity index (χ4v) is 3.19. The second-order valence-corrected chi connectivity index (χ2v) is 6.29. The maximum absolute atomic E-state index is 6.13. The first-order valence-corrected chi connectivity index (χ1v) is 8.45. The van der Waals surface area contributed by atoms with Crippen molar-refractivity contribution in [3.8, 4) is 5.88 Å². The highest BCUT2D eigenvalue weighted by Gasteiger charge is 2.21. The minimum atomic E-state index is 0.413. The van der Waals surface area contributed by atoms with Gasteiger partial charge in [0, 0.05) is 16.0 Å². The number of thioether (sulfide) groups is 2. The van der Waals surface area contributed by atoms with Gasteiger partial charge in [-0.05, 0) is 30.5 Å². The summed E-state index contributed by atoms with van der Waals surface area (Å²) in [6.45, 7) is 0. The van der Waals surface area contributed by atoms with Gasteiger partial charge in [-0.3, -0.25) is 0 Å². The van der Waals surface area contributed by atoms with Crippen LogP contribution in [0.25, 0.3) is 5.76 Å². The van der Waals surface area contributed by atoms with Gasteiger partial charge in [-0.25, -0.2) is 4.98 Å². The maximum Gasteiger partial charge on any atom is 0.239 e. The van der Waals surface area contributed by atoms with E-state index in [4.69, 9.17) is 27.9 Å². The molecule has 7 heteroatoms. The molecule has 0 saturated heterocycles. The van der Waals surface area contributed by atoms with Crippen LogP contribution in [0.15, 0.2) is 39.7 Å². The van der Waals surface area contributed by atoms with E-state index in [9.17, 15) is 0 Å². The molecule has 3 nitrogen and oxygen atoms in total. The van der Waals surface area contributed by atoms with Crippen LogP contribution in [0.3, 0.4) is 0 Å². The number of fused-ring (bicyclic) bond motifs is 1. The second kappa shape index (κ2) is 5.85. The molecule has 0 atom stereocenters.